The molecule has 2 nitrogen and oxygen atoms in total. The zero-order valence-electron chi connectivity index (χ0n) is 9.64. The van der Waals surface area contributed by atoms with Crippen LogP contribution >= 0.6 is 0 Å². The minimum Gasteiger partial charge on any atom is -0.395 e. The molecule has 0 aromatic rings. The van der Waals surface area contributed by atoms with E-state index in [9.17, 15) is 0 Å². The van der Waals surface area contributed by atoms with Gasteiger partial charge in [0.1, 0.15) is 0 Å². The van der Waals surface area contributed by atoms with E-state index in [4.69, 9.17) is 5.11 Å². The van der Waals surface area contributed by atoms with Gasteiger partial charge < -0.3 is 10.4 Å². The van der Waals surface area contributed by atoms with E-state index in [0.29, 0.717) is 16.9 Å². The number of aliphatic hydroxyl groups is 1. The maximum Gasteiger partial charge on any atom is 0.0556 e. The van der Waals surface area contributed by atoms with Gasteiger partial charge in [0.2, 0.25) is 0 Å². The smallest absolute Gasteiger partial charge is 0.0556 e. The molecule has 0 amide bonds. The lowest BCUT2D eigenvalue weighted by Crippen LogP contribution is -2.45. The van der Waals surface area contributed by atoms with E-state index < -0.39 is 0 Å². The van der Waals surface area contributed by atoms with Crippen LogP contribution in [0.15, 0.2) is 0 Å². The Morgan fingerprint density at radius 1 is 1.36 bits per heavy atom. The Morgan fingerprint density at radius 3 is 2.50 bits per heavy atom. The van der Waals surface area contributed by atoms with Crippen molar-refractivity contribution in [2.24, 2.45) is 16.7 Å². The van der Waals surface area contributed by atoms with Gasteiger partial charge in [0.25, 0.3) is 0 Å². The molecule has 2 fully saturated rings. The van der Waals surface area contributed by atoms with Crippen molar-refractivity contribution in [1.82, 2.24) is 5.32 Å². The summed E-state index contributed by atoms with van der Waals surface area (Å²) in [6.07, 6.45) is 4.07. The molecule has 0 heterocycles. The average molecular weight is 197 g/mol. The minimum atomic E-state index is 0.262. The molecule has 2 saturated carbocycles. The topological polar surface area (TPSA) is 32.3 Å². The van der Waals surface area contributed by atoms with Crippen molar-refractivity contribution in [3.63, 3.8) is 0 Å². The van der Waals surface area contributed by atoms with Gasteiger partial charge in [-0.1, -0.05) is 20.8 Å². The van der Waals surface area contributed by atoms with E-state index in [-0.39, 0.29) is 6.61 Å². The number of hydrogen-bond donors (Lipinski definition) is 2. The molecule has 0 aromatic heterocycles. The SMILES string of the molecule is CC1(C)[C@@H]2CC[C@@]1(C)[C@H](NCCO)C2. The van der Waals surface area contributed by atoms with Crippen LogP contribution in [0.1, 0.15) is 40.0 Å². The normalized spacial score (nSPS) is 44.6. The fourth-order valence-electron chi connectivity index (χ4n) is 3.75. The summed E-state index contributed by atoms with van der Waals surface area (Å²) in [7, 11) is 0. The van der Waals surface area contributed by atoms with E-state index in [1.54, 1.807) is 0 Å². The lowest BCUT2D eigenvalue weighted by Gasteiger charge is -2.39. The van der Waals surface area contributed by atoms with Crippen molar-refractivity contribution >= 4 is 0 Å². The van der Waals surface area contributed by atoms with Crippen LogP contribution in [0.5, 0.6) is 0 Å². The fourth-order valence-corrected chi connectivity index (χ4v) is 3.75. The van der Waals surface area contributed by atoms with Crippen molar-refractivity contribution in [2.45, 2.75) is 46.1 Å². The first-order valence-electron chi connectivity index (χ1n) is 5.86. The van der Waals surface area contributed by atoms with Crippen molar-refractivity contribution in [3.05, 3.63) is 0 Å². The van der Waals surface area contributed by atoms with Crippen LogP contribution in [-0.4, -0.2) is 24.3 Å². The standard InChI is InChI=1S/C12H23NO/c1-11(2)9-4-5-12(11,3)10(8-9)13-6-7-14/h9-10,13-14H,4-8H2,1-3H3/t9-,10-,12+/m1/s1. The maximum atomic E-state index is 8.85. The third-order valence-electron chi connectivity index (χ3n) is 5.30. The molecule has 0 unspecified atom stereocenters. The van der Waals surface area contributed by atoms with E-state index >= 15 is 0 Å². The van der Waals surface area contributed by atoms with E-state index in [1.165, 1.54) is 19.3 Å². The summed E-state index contributed by atoms with van der Waals surface area (Å²) in [5.74, 6) is 0.892. The van der Waals surface area contributed by atoms with Crippen LogP contribution in [0, 0.1) is 16.7 Å². The van der Waals surface area contributed by atoms with Gasteiger partial charge in [-0.15, -0.1) is 0 Å². The molecular weight excluding hydrogens is 174 g/mol. The Bertz CT molecular complexity index is 226. The third-order valence-corrected chi connectivity index (χ3v) is 5.30. The predicted molar refractivity (Wildman–Crippen MR) is 58.1 cm³/mol. The molecule has 14 heavy (non-hydrogen) atoms. The number of fused-ring (bicyclic) bond motifs is 2. The Labute approximate surface area is 87.1 Å². The molecule has 2 rings (SSSR count). The zero-order chi connectivity index (χ0) is 10.4. The van der Waals surface area contributed by atoms with Crippen LogP contribution in [0.4, 0.5) is 0 Å². The second-order valence-corrected chi connectivity index (χ2v) is 5.84. The van der Waals surface area contributed by atoms with Gasteiger partial charge in [0.05, 0.1) is 6.61 Å². The molecule has 82 valence electrons. The maximum absolute atomic E-state index is 8.85. The molecule has 2 heteroatoms. The van der Waals surface area contributed by atoms with E-state index in [2.05, 4.69) is 26.1 Å². The Kier molecular flexibility index (Phi) is 2.39. The van der Waals surface area contributed by atoms with Gasteiger partial charge in [0, 0.05) is 12.6 Å². The van der Waals surface area contributed by atoms with E-state index in [1.807, 2.05) is 0 Å². The molecule has 0 aliphatic heterocycles. The van der Waals surface area contributed by atoms with Gasteiger partial charge in [0.15, 0.2) is 0 Å². The molecule has 0 spiro atoms. The number of rotatable bonds is 3. The molecule has 0 saturated heterocycles. The summed E-state index contributed by atoms with van der Waals surface area (Å²) < 4.78 is 0. The highest BCUT2D eigenvalue weighted by Gasteiger charge is 2.60. The minimum absolute atomic E-state index is 0.262. The van der Waals surface area contributed by atoms with Crippen molar-refractivity contribution in [1.29, 1.82) is 0 Å². The summed E-state index contributed by atoms with van der Waals surface area (Å²) in [6.45, 7) is 8.28. The fraction of sp³-hybridized carbons (Fsp3) is 1.00. The highest BCUT2D eigenvalue weighted by atomic mass is 16.3. The molecule has 0 radical (unpaired) electrons. The van der Waals surface area contributed by atoms with Crippen molar-refractivity contribution in [3.8, 4) is 0 Å². The molecular formula is C12H23NO. The van der Waals surface area contributed by atoms with E-state index in [0.717, 1.165) is 12.5 Å². The number of nitrogens with one attached hydrogen (secondary N) is 1. The number of aliphatic hydroxyl groups excluding tert-OH is 1. The van der Waals surface area contributed by atoms with Crippen LogP contribution in [0.2, 0.25) is 0 Å². The molecule has 2 bridgehead atoms. The highest BCUT2D eigenvalue weighted by Crippen LogP contribution is 2.65. The second-order valence-electron chi connectivity index (χ2n) is 5.84. The first kappa shape index (κ1) is 10.4. The van der Waals surface area contributed by atoms with Crippen LogP contribution in [0.25, 0.3) is 0 Å². The largest absolute Gasteiger partial charge is 0.395 e. The molecule has 2 N–H and O–H groups in total. The summed E-state index contributed by atoms with van der Waals surface area (Å²) >= 11 is 0. The van der Waals surface area contributed by atoms with Gasteiger partial charge in [-0.05, 0) is 36.0 Å². The summed E-state index contributed by atoms with van der Waals surface area (Å²) in [5.41, 5.74) is 0.937. The molecule has 2 aliphatic rings. The van der Waals surface area contributed by atoms with Crippen molar-refractivity contribution in [2.75, 3.05) is 13.2 Å². The van der Waals surface area contributed by atoms with Crippen LogP contribution in [0.3, 0.4) is 0 Å². The van der Waals surface area contributed by atoms with Crippen molar-refractivity contribution < 1.29 is 5.11 Å². The second kappa shape index (κ2) is 3.21. The van der Waals surface area contributed by atoms with Gasteiger partial charge in [-0.3, -0.25) is 0 Å². The predicted octanol–water partition coefficient (Wildman–Crippen LogP) is 1.78. The monoisotopic (exact) mass is 197 g/mol. The van der Waals surface area contributed by atoms with Gasteiger partial charge >= 0.3 is 0 Å². The highest BCUT2D eigenvalue weighted by molar-refractivity contribution is 5.12. The quantitative estimate of drug-likeness (QED) is 0.723. The Hall–Kier alpha value is -0.0800. The third kappa shape index (κ3) is 1.17. The first-order valence-corrected chi connectivity index (χ1v) is 5.86. The van der Waals surface area contributed by atoms with Gasteiger partial charge in [-0.2, -0.15) is 0 Å². The Balaban J connectivity index is 2.11. The van der Waals surface area contributed by atoms with Crippen LogP contribution < -0.4 is 5.32 Å². The lowest BCUT2D eigenvalue weighted by molar-refractivity contribution is 0.118. The molecule has 2 aliphatic carbocycles. The number of hydrogen-bond acceptors (Lipinski definition) is 2. The zero-order valence-corrected chi connectivity index (χ0v) is 9.64. The summed E-state index contributed by atoms with van der Waals surface area (Å²) in [5, 5.41) is 12.4. The first-order chi connectivity index (χ1) is 6.52. The Morgan fingerprint density at radius 2 is 2.07 bits per heavy atom. The average Bonchev–Trinajstić information content (AvgIpc) is 2.46. The summed E-state index contributed by atoms with van der Waals surface area (Å²) in [6, 6.07) is 0.628. The molecule has 0 aromatic carbocycles. The molecule has 3 atom stereocenters. The van der Waals surface area contributed by atoms with Gasteiger partial charge in [-0.25, -0.2) is 0 Å². The lowest BCUT2D eigenvalue weighted by atomic mass is 9.69. The summed E-state index contributed by atoms with van der Waals surface area (Å²) in [4.78, 5) is 0. The van der Waals surface area contributed by atoms with Crippen LogP contribution in [-0.2, 0) is 0 Å².